The van der Waals surface area contributed by atoms with Gasteiger partial charge in [0.1, 0.15) is 42.7 Å². The molecule has 0 radical (unpaired) electrons. The normalized spacial score (nSPS) is 13.2. The maximum atomic E-state index is 15.2. The molecule has 0 unspecified atom stereocenters. The Morgan fingerprint density at radius 3 is 1.07 bits per heavy atom. The van der Waals surface area contributed by atoms with E-state index in [0.29, 0.717) is 105 Å². The molecule has 4 aliphatic rings. The molecule has 616 valence electrons. The van der Waals surface area contributed by atoms with Gasteiger partial charge in [0.25, 0.3) is 0 Å². The van der Waals surface area contributed by atoms with Crippen LogP contribution >= 0.6 is 137 Å². The molecule has 0 aliphatic carbocycles. The van der Waals surface area contributed by atoms with Crippen LogP contribution in [-0.2, 0) is 45.4 Å². The first kappa shape index (κ1) is 87.0. The highest BCUT2D eigenvalue weighted by molar-refractivity contribution is 14.1. The Hall–Kier alpha value is -6.84. The van der Waals surface area contributed by atoms with Gasteiger partial charge in [0, 0.05) is 97.7 Å². The van der Waals surface area contributed by atoms with Crippen LogP contribution in [0.2, 0.25) is 0 Å². The molecule has 0 saturated carbocycles. The summed E-state index contributed by atoms with van der Waals surface area (Å²) in [6.45, 7) is 24.8. The molecule has 12 aromatic rings. The van der Waals surface area contributed by atoms with Gasteiger partial charge in [-0.3, -0.25) is 0 Å². The fraction of sp³-hybridized carbons (Fsp3) is 0.413. The molecule has 12 N–H and O–H groups in total. The van der Waals surface area contributed by atoms with Crippen LogP contribution in [0.5, 0.6) is 28.7 Å². The summed E-state index contributed by atoms with van der Waals surface area (Å²) in [5, 5.41) is 16.4. The third-order valence-corrected chi connectivity index (χ3v) is 27.9. The molecule has 0 fully saturated rings. The summed E-state index contributed by atoms with van der Waals surface area (Å²) in [6, 6.07) is 10.00. The van der Waals surface area contributed by atoms with E-state index in [4.69, 9.17) is 56.6 Å². The zero-order valence-electron chi connectivity index (χ0n) is 64.5. The van der Waals surface area contributed by atoms with E-state index in [0.717, 1.165) is 152 Å². The Morgan fingerprint density at radius 1 is 0.397 bits per heavy atom. The maximum Gasteiger partial charge on any atom is 0.231 e. The predicted molar refractivity (Wildman–Crippen MR) is 477 cm³/mol. The quantitative estimate of drug-likeness (QED) is 0.00977. The summed E-state index contributed by atoms with van der Waals surface area (Å²) < 4.78 is 97.7. The second-order valence-corrected chi connectivity index (χ2v) is 36.6. The third-order valence-electron chi connectivity index (χ3n) is 18.4. The molecule has 0 spiro atoms. The molecule has 41 heteroatoms. The van der Waals surface area contributed by atoms with Crippen molar-refractivity contribution in [1.82, 2.24) is 99.3 Å². The highest BCUT2D eigenvalue weighted by atomic mass is 127. The molecule has 16 rings (SSSR count). The summed E-state index contributed by atoms with van der Waals surface area (Å²) in [7, 11) is 0. The standard InChI is InChI=1S/2C19H21F2IN6OS.C19H23IN6OS.C18H21IN6O2S/c2*1-9(2)24-5-3-6-28-18-14(17(23)25-8-26-18)27-19(28)30-16-11(20)10-4-7-29-15(10)12(21)13(16)22;1-11(2)22-5-3-6-26-18-16(17(21)23-10-24-18)25-19(26)28-15-8-12-4-7-27-14(12)9-13(15)20;1-10(2)21-4-3-5-25-17-15(16(20)22-8-23-17)24-18(25)28-14-7-13-12(6-11(14)19)26-9-27-13/h2*8-9,24H,3-7H2,1-2H3,(H2,23,25,26);8-11,22H,3-7H2,1-2H3,(H2,21,23,24);6-8,10,21H,3-5,9H2,1-2H3,(H2,20,22,23)/i20+0,21+0;21-1;27-1;. The Balaban J connectivity index is 0.000000135. The topological polar surface area (TPSA) is 373 Å². The number of fused-ring (bicyclic) bond motifs is 8. The minimum Gasteiger partial charge on any atom is -0.493 e. The molecule has 8 aromatic heterocycles. The van der Waals surface area contributed by atoms with Crippen molar-refractivity contribution in [1.29, 1.82) is 0 Å². The van der Waals surface area contributed by atoms with Crippen LogP contribution in [0.4, 0.5) is 40.8 Å². The first-order valence-electron chi connectivity index (χ1n) is 37.5. The SMILES string of the molecule is CC(C)NCCCn1c(Sc2c(F)c3c(c([18F])c2I)OCC3)nc2c(N)ncnc21.CC(C)NCCCn1c(Sc2c([19F])c3c(c([19F])c2I)OCC3)nc2c(N)ncnc21.CC(C)NCCCn1c(Sc2cc3c(cc2I)OCO3)nc2c(N)ncnc21.CC(C)NCCCn1c(Sc2cc3c(cc2I)[15O]CC3)nc2c(N)ncnc21. The molecule has 0 saturated heterocycles. The number of nitrogens with one attached hydrogen (secondary N) is 4. The van der Waals surface area contributed by atoms with E-state index >= 15 is 8.78 Å². The van der Waals surface area contributed by atoms with Crippen LogP contribution < -0.4 is 67.9 Å². The van der Waals surface area contributed by atoms with Gasteiger partial charge in [0.2, 0.25) is 6.79 Å². The Kier molecular flexibility index (Phi) is 29.7. The van der Waals surface area contributed by atoms with Crippen LogP contribution in [-0.4, -0.2) is 155 Å². The number of nitrogens with two attached hydrogens (primary N) is 4. The van der Waals surface area contributed by atoms with Crippen molar-refractivity contribution in [3.05, 3.63) is 104 Å². The van der Waals surface area contributed by atoms with Gasteiger partial charge in [0.15, 0.2) is 123 Å². The molecule has 0 amide bonds. The van der Waals surface area contributed by atoms with Crippen molar-refractivity contribution < 1.29 is 41.2 Å². The predicted octanol–water partition coefficient (Wildman–Crippen LogP) is 14.3. The van der Waals surface area contributed by atoms with E-state index < -0.39 is 23.3 Å². The van der Waals surface area contributed by atoms with Crippen LogP contribution in [0, 0.1) is 37.5 Å². The number of benzene rings is 4. The number of hydrogen-bond acceptors (Lipinski definition) is 29. The molecule has 4 aromatic carbocycles. The van der Waals surface area contributed by atoms with E-state index in [-0.39, 0.29) is 71.2 Å². The average Bonchev–Trinajstić information content (AvgIpc) is 1.55. The van der Waals surface area contributed by atoms with Crippen molar-refractivity contribution >= 4 is 205 Å². The smallest absolute Gasteiger partial charge is 0.231 e. The van der Waals surface area contributed by atoms with Gasteiger partial charge in [-0.05, 0) is 196 Å². The second-order valence-electron chi connectivity index (χ2n) is 28.1. The van der Waals surface area contributed by atoms with E-state index in [1.807, 2.05) is 66.4 Å². The highest BCUT2D eigenvalue weighted by Crippen LogP contribution is 2.47. The summed E-state index contributed by atoms with van der Waals surface area (Å²) >= 11 is 13.7. The molecule has 0 atom stereocenters. The number of anilines is 4. The first-order chi connectivity index (χ1) is 55.8. The molecular formula is C75H86F4I4N24O5S4. The lowest BCUT2D eigenvalue weighted by Gasteiger charge is -2.13. The second kappa shape index (κ2) is 39.6. The number of aromatic nitrogens is 16. The van der Waals surface area contributed by atoms with Gasteiger partial charge in [0.05, 0.1) is 36.8 Å². The van der Waals surface area contributed by atoms with Crippen molar-refractivity contribution in [2.45, 2.75) is 191 Å². The van der Waals surface area contributed by atoms with Crippen molar-refractivity contribution in [3.8, 4) is 28.7 Å². The fourth-order valence-electron chi connectivity index (χ4n) is 12.7. The summed E-state index contributed by atoms with van der Waals surface area (Å²) in [5.41, 5.74) is 30.8. The molecule has 29 nitrogen and oxygen atoms in total. The average molecular weight is 2110 g/mol. The number of nitrogen functional groups attached to an aromatic ring is 4. The van der Waals surface area contributed by atoms with Gasteiger partial charge in [-0.25, -0.2) is 77.4 Å². The zero-order valence-corrected chi connectivity index (χ0v) is 76.4. The minimum atomic E-state index is -0.532. The Bertz CT molecular complexity index is 5240. The van der Waals surface area contributed by atoms with Gasteiger partial charge in [-0.2, -0.15) is 0 Å². The Labute approximate surface area is 738 Å². The number of hydrogen-bond donors (Lipinski definition) is 8. The maximum absolute atomic E-state index is 15.2. The monoisotopic (exact) mass is 2110 g/mol. The molecular weight excluding hydrogens is 2030 g/mol. The number of halogens is 8. The summed E-state index contributed by atoms with van der Waals surface area (Å²) in [5.74, 6) is 1.90. The van der Waals surface area contributed by atoms with Crippen LogP contribution in [0.25, 0.3) is 44.7 Å². The van der Waals surface area contributed by atoms with Gasteiger partial charge < -0.3 is 86.2 Å². The third kappa shape index (κ3) is 20.1. The van der Waals surface area contributed by atoms with Crippen LogP contribution in [0.15, 0.2) is 89.8 Å². The van der Waals surface area contributed by atoms with Crippen molar-refractivity contribution in [2.75, 3.05) is 75.7 Å². The van der Waals surface area contributed by atoms with Crippen molar-refractivity contribution in [3.63, 3.8) is 0 Å². The molecule has 116 heavy (non-hydrogen) atoms. The highest BCUT2D eigenvalue weighted by Gasteiger charge is 2.33. The van der Waals surface area contributed by atoms with Gasteiger partial charge in [-0.15, -0.1) is 0 Å². The minimum absolute atomic E-state index is 0.0182. The van der Waals surface area contributed by atoms with E-state index in [1.54, 1.807) is 23.5 Å². The molecule has 12 heterocycles. The molecule has 0 bridgehead atoms. The number of ether oxygens (including phenoxy) is 5. The number of imidazole rings is 4. The zero-order chi connectivity index (χ0) is 82.2. The Morgan fingerprint density at radius 2 is 0.716 bits per heavy atom. The summed E-state index contributed by atoms with van der Waals surface area (Å²) in [4.78, 5) is 55.0. The lowest BCUT2D eigenvalue weighted by atomic mass is 10.1. The lowest BCUT2D eigenvalue weighted by molar-refractivity contribution is 0.174. The number of rotatable bonds is 28. The number of nitrogens with zero attached hydrogens (tertiary/aromatic N) is 16. The van der Waals surface area contributed by atoms with E-state index in [1.165, 1.54) is 35.8 Å². The van der Waals surface area contributed by atoms with Gasteiger partial charge in [-0.1, -0.05) is 78.9 Å². The van der Waals surface area contributed by atoms with Crippen LogP contribution in [0.3, 0.4) is 0 Å². The number of aryl methyl sites for hydroxylation is 4. The molecule has 4 aliphatic heterocycles. The first-order valence-corrected chi connectivity index (χ1v) is 45.1. The van der Waals surface area contributed by atoms with E-state index in [2.05, 4.69) is 193 Å². The van der Waals surface area contributed by atoms with Crippen LogP contribution in [0.1, 0.15) is 97.8 Å². The largest absolute Gasteiger partial charge is 0.493 e. The lowest BCUT2D eigenvalue weighted by Crippen LogP contribution is -2.24. The van der Waals surface area contributed by atoms with Gasteiger partial charge >= 0.3 is 0 Å². The fourth-order valence-corrected chi connectivity index (χ4v) is 19.8. The van der Waals surface area contributed by atoms with Crippen molar-refractivity contribution in [2.24, 2.45) is 0 Å². The summed E-state index contributed by atoms with van der Waals surface area (Å²) in [6.07, 6.45) is 11.0. The van der Waals surface area contributed by atoms with E-state index in [9.17, 15) is 8.78 Å².